The van der Waals surface area contributed by atoms with Crippen LogP contribution >= 0.6 is 0 Å². The first-order chi connectivity index (χ1) is 16.2. The van der Waals surface area contributed by atoms with E-state index < -0.39 is 0 Å². The van der Waals surface area contributed by atoms with Gasteiger partial charge in [0.25, 0.3) is 0 Å². The highest BCUT2D eigenvalue weighted by Crippen LogP contribution is 2.22. The number of carbonyl (C=O) groups excluding carboxylic acids is 1. The molecule has 170 valence electrons. The van der Waals surface area contributed by atoms with Gasteiger partial charge in [0.05, 0.1) is 29.7 Å². The van der Waals surface area contributed by atoms with Gasteiger partial charge in [-0.05, 0) is 42.6 Å². The quantitative estimate of drug-likeness (QED) is 0.473. The molecule has 0 saturated carbocycles. The van der Waals surface area contributed by atoms with Crippen molar-refractivity contribution in [2.45, 2.75) is 51.9 Å². The molecule has 1 aromatic heterocycles. The van der Waals surface area contributed by atoms with Crippen LogP contribution < -0.4 is 0 Å². The van der Waals surface area contributed by atoms with Crippen LogP contribution in [0.25, 0.3) is 0 Å². The van der Waals surface area contributed by atoms with E-state index in [2.05, 4.69) is 39.6 Å². The largest absolute Gasteiger partial charge is 0.337 e. The fourth-order valence-electron chi connectivity index (χ4n) is 4.44. The van der Waals surface area contributed by atoms with Crippen molar-refractivity contribution in [3.63, 3.8) is 0 Å². The van der Waals surface area contributed by atoms with Crippen LogP contribution in [0.3, 0.4) is 0 Å². The maximum absolute atomic E-state index is 13.3. The number of imidazole rings is 1. The number of amides is 1. The number of benzene rings is 2. The molecule has 33 heavy (non-hydrogen) atoms. The van der Waals surface area contributed by atoms with E-state index in [4.69, 9.17) is 5.26 Å². The molecule has 0 bridgehead atoms. The third kappa shape index (κ3) is 5.68. The molecule has 1 atom stereocenters. The lowest BCUT2D eigenvalue weighted by atomic mass is 10.1. The van der Waals surface area contributed by atoms with Crippen molar-refractivity contribution in [2.24, 2.45) is 0 Å². The van der Waals surface area contributed by atoms with Gasteiger partial charge in [0, 0.05) is 32.4 Å². The Morgan fingerprint density at radius 1 is 1.09 bits per heavy atom. The first kappa shape index (κ1) is 22.8. The molecule has 0 N–H and O–H groups in total. The molecule has 4 rings (SSSR count). The van der Waals surface area contributed by atoms with Crippen molar-refractivity contribution < 1.29 is 4.79 Å². The monoisotopic (exact) mass is 441 g/mol. The summed E-state index contributed by atoms with van der Waals surface area (Å²) in [6, 6.07) is 20.0. The SMILES string of the molecule is CCCCN(Cc1cncn1Cc1ccc(C#N)cc1)[C@@H]1CCN(Cc2ccccc2)C1=O. The van der Waals surface area contributed by atoms with Crippen molar-refractivity contribution in [1.29, 1.82) is 5.26 Å². The molecule has 1 fully saturated rings. The summed E-state index contributed by atoms with van der Waals surface area (Å²) in [7, 11) is 0. The average Bonchev–Trinajstić information content (AvgIpc) is 3.44. The summed E-state index contributed by atoms with van der Waals surface area (Å²) in [5.41, 5.74) is 4.06. The van der Waals surface area contributed by atoms with Crippen molar-refractivity contribution >= 4 is 5.91 Å². The van der Waals surface area contributed by atoms with Crippen molar-refractivity contribution in [3.8, 4) is 6.07 Å². The summed E-state index contributed by atoms with van der Waals surface area (Å²) in [4.78, 5) is 22.0. The number of hydrogen-bond donors (Lipinski definition) is 0. The van der Waals surface area contributed by atoms with Gasteiger partial charge >= 0.3 is 0 Å². The second-order valence-electron chi connectivity index (χ2n) is 8.70. The topological polar surface area (TPSA) is 65.2 Å². The number of carbonyl (C=O) groups is 1. The van der Waals surface area contributed by atoms with E-state index in [-0.39, 0.29) is 11.9 Å². The van der Waals surface area contributed by atoms with Gasteiger partial charge in [-0.15, -0.1) is 0 Å². The first-order valence-corrected chi connectivity index (χ1v) is 11.7. The van der Waals surface area contributed by atoms with Gasteiger partial charge in [-0.3, -0.25) is 9.69 Å². The molecule has 1 aliphatic heterocycles. The predicted octanol–water partition coefficient (Wildman–Crippen LogP) is 4.21. The van der Waals surface area contributed by atoms with E-state index in [0.717, 1.165) is 43.6 Å². The molecule has 2 heterocycles. The van der Waals surface area contributed by atoms with Crippen LogP contribution in [0.4, 0.5) is 0 Å². The lowest BCUT2D eigenvalue weighted by Crippen LogP contribution is -2.42. The zero-order valence-electron chi connectivity index (χ0n) is 19.2. The second-order valence-corrected chi connectivity index (χ2v) is 8.70. The minimum atomic E-state index is -0.0847. The van der Waals surface area contributed by atoms with E-state index in [1.165, 1.54) is 5.56 Å². The van der Waals surface area contributed by atoms with Crippen molar-refractivity contribution in [3.05, 3.63) is 89.5 Å². The van der Waals surface area contributed by atoms with E-state index in [1.807, 2.05) is 59.9 Å². The Kier molecular flexibility index (Phi) is 7.54. The summed E-state index contributed by atoms with van der Waals surface area (Å²) in [6.07, 6.45) is 6.77. The summed E-state index contributed by atoms with van der Waals surface area (Å²) in [5.74, 6) is 0.230. The molecule has 6 nitrogen and oxygen atoms in total. The average molecular weight is 442 g/mol. The molecule has 1 aliphatic rings. The van der Waals surface area contributed by atoms with E-state index in [1.54, 1.807) is 0 Å². The number of nitriles is 1. The molecule has 0 radical (unpaired) electrons. The van der Waals surface area contributed by atoms with Crippen molar-refractivity contribution in [2.75, 3.05) is 13.1 Å². The number of unbranched alkanes of at least 4 members (excludes halogenated alkanes) is 1. The summed E-state index contributed by atoms with van der Waals surface area (Å²) >= 11 is 0. The van der Waals surface area contributed by atoms with Gasteiger partial charge in [0.15, 0.2) is 0 Å². The van der Waals surface area contributed by atoms with Crippen LogP contribution in [-0.2, 0) is 24.4 Å². The zero-order chi connectivity index (χ0) is 23.0. The van der Waals surface area contributed by atoms with Gasteiger partial charge in [-0.25, -0.2) is 4.98 Å². The van der Waals surface area contributed by atoms with Gasteiger partial charge in [0.2, 0.25) is 5.91 Å². The van der Waals surface area contributed by atoms with E-state index in [0.29, 0.717) is 25.2 Å². The Labute approximate surface area is 196 Å². The Bertz CT molecular complexity index is 1080. The van der Waals surface area contributed by atoms with Gasteiger partial charge in [-0.2, -0.15) is 5.26 Å². The minimum absolute atomic E-state index is 0.0847. The Hall–Kier alpha value is -3.43. The highest BCUT2D eigenvalue weighted by Gasteiger charge is 2.35. The van der Waals surface area contributed by atoms with Crippen LogP contribution in [0, 0.1) is 11.3 Å². The van der Waals surface area contributed by atoms with Gasteiger partial charge in [-0.1, -0.05) is 55.8 Å². The molecule has 0 unspecified atom stereocenters. The second kappa shape index (κ2) is 10.9. The Morgan fingerprint density at radius 2 is 1.85 bits per heavy atom. The molecule has 1 saturated heterocycles. The number of hydrogen-bond acceptors (Lipinski definition) is 4. The number of nitrogens with zero attached hydrogens (tertiary/aromatic N) is 5. The highest BCUT2D eigenvalue weighted by atomic mass is 16.2. The lowest BCUT2D eigenvalue weighted by molar-refractivity contribution is -0.132. The smallest absolute Gasteiger partial charge is 0.240 e. The first-order valence-electron chi connectivity index (χ1n) is 11.7. The maximum Gasteiger partial charge on any atom is 0.240 e. The molecular weight excluding hydrogens is 410 g/mol. The lowest BCUT2D eigenvalue weighted by Gasteiger charge is -2.28. The number of rotatable bonds is 10. The number of aromatic nitrogens is 2. The summed E-state index contributed by atoms with van der Waals surface area (Å²) in [5, 5.41) is 9.02. The normalized spacial score (nSPS) is 15.8. The summed E-state index contributed by atoms with van der Waals surface area (Å²) in [6.45, 7) is 5.95. The Morgan fingerprint density at radius 3 is 2.58 bits per heavy atom. The van der Waals surface area contributed by atoms with Crippen molar-refractivity contribution in [1.82, 2.24) is 19.4 Å². The molecule has 1 amide bonds. The predicted molar refractivity (Wildman–Crippen MR) is 128 cm³/mol. The fraction of sp³-hybridized carbons (Fsp3) is 0.370. The van der Waals surface area contributed by atoms with Gasteiger partial charge < -0.3 is 9.47 Å². The third-order valence-electron chi connectivity index (χ3n) is 6.32. The van der Waals surface area contributed by atoms with Crippen LogP contribution in [0.5, 0.6) is 0 Å². The summed E-state index contributed by atoms with van der Waals surface area (Å²) < 4.78 is 2.14. The standard InChI is InChI=1S/C27H31N5O/c1-2-3-14-30(26-13-15-31(27(26)33)18-23-7-5-4-6-8-23)20-25-17-29-21-32(25)19-24-11-9-22(16-28)10-12-24/h4-12,17,21,26H,2-3,13-15,18-20H2,1H3/t26-/m1/s1. The number of likely N-dealkylation sites (tertiary alicyclic amines) is 1. The third-order valence-corrected chi connectivity index (χ3v) is 6.32. The Balaban J connectivity index is 1.46. The van der Waals surface area contributed by atoms with Crippen LogP contribution in [0.15, 0.2) is 67.1 Å². The fourth-order valence-corrected chi connectivity index (χ4v) is 4.44. The molecule has 0 spiro atoms. The highest BCUT2D eigenvalue weighted by molar-refractivity contribution is 5.84. The minimum Gasteiger partial charge on any atom is -0.337 e. The molecule has 2 aromatic carbocycles. The van der Waals surface area contributed by atoms with Crippen LogP contribution in [-0.4, -0.2) is 44.4 Å². The van der Waals surface area contributed by atoms with Crippen LogP contribution in [0.1, 0.15) is 48.6 Å². The maximum atomic E-state index is 13.3. The van der Waals surface area contributed by atoms with E-state index >= 15 is 0 Å². The molecule has 3 aromatic rings. The van der Waals surface area contributed by atoms with E-state index in [9.17, 15) is 4.79 Å². The zero-order valence-corrected chi connectivity index (χ0v) is 19.2. The molecule has 0 aliphatic carbocycles. The molecule has 6 heteroatoms. The molecular formula is C27H31N5O. The van der Waals surface area contributed by atoms with Gasteiger partial charge in [0.1, 0.15) is 0 Å². The van der Waals surface area contributed by atoms with Crippen LogP contribution in [0.2, 0.25) is 0 Å².